The zero-order valence-electron chi connectivity index (χ0n) is 19.1. The molecule has 0 amide bonds. The lowest BCUT2D eigenvalue weighted by Crippen LogP contribution is -2.43. The normalized spacial score (nSPS) is 16.6. The van der Waals surface area contributed by atoms with Crippen molar-refractivity contribution in [1.29, 1.82) is 0 Å². The largest absolute Gasteiger partial charge is 0.507 e. The van der Waals surface area contributed by atoms with Gasteiger partial charge in [-0.3, -0.25) is 4.79 Å². The fourth-order valence-corrected chi connectivity index (χ4v) is 4.07. The lowest BCUT2D eigenvalue weighted by Gasteiger charge is -2.33. The Hall–Kier alpha value is -2.91. The van der Waals surface area contributed by atoms with Crippen LogP contribution < -0.4 is 15.8 Å². The van der Waals surface area contributed by atoms with Crippen molar-refractivity contribution in [3.63, 3.8) is 0 Å². The topological polar surface area (TPSA) is 123 Å². The minimum Gasteiger partial charge on any atom is -0.507 e. The van der Waals surface area contributed by atoms with Crippen molar-refractivity contribution < 1.29 is 19.4 Å². The number of carbonyl (C=O) groups is 1. The van der Waals surface area contributed by atoms with Crippen molar-refractivity contribution in [1.82, 2.24) is 15.1 Å². The van der Waals surface area contributed by atoms with E-state index >= 15 is 0 Å². The van der Waals surface area contributed by atoms with Crippen LogP contribution >= 0.6 is 0 Å². The van der Waals surface area contributed by atoms with E-state index in [2.05, 4.69) is 20.4 Å². The van der Waals surface area contributed by atoms with Gasteiger partial charge in [-0.05, 0) is 50.9 Å². The van der Waals surface area contributed by atoms with Crippen LogP contribution in [-0.2, 0) is 16.1 Å². The van der Waals surface area contributed by atoms with Crippen LogP contribution in [0.2, 0.25) is 0 Å². The van der Waals surface area contributed by atoms with E-state index in [9.17, 15) is 9.90 Å². The molecule has 174 valence electrons. The number of likely N-dealkylation sites (tertiary alicyclic amines) is 1. The SMILES string of the molecule is CCOC(=O)CCN1CCC[C@@H](Nc2nnc(-c3ccc(OC)cc3O)c(C)c2CN)C1. The van der Waals surface area contributed by atoms with Gasteiger partial charge in [0, 0.05) is 42.9 Å². The summed E-state index contributed by atoms with van der Waals surface area (Å²) in [4.78, 5) is 13.9. The monoisotopic (exact) mass is 443 g/mol. The number of nitrogens with one attached hydrogen (secondary N) is 1. The molecule has 1 aromatic carbocycles. The van der Waals surface area contributed by atoms with Crippen LogP contribution in [0, 0.1) is 6.92 Å². The molecule has 2 aromatic rings. The van der Waals surface area contributed by atoms with Crippen LogP contribution in [0.15, 0.2) is 18.2 Å². The number of anilines is 1. The van der Waals surface area contributed by atoms with Gasteiger partial charge in [0.2, 0.25) is 0 Å². The summed E-state index contributed by atoms with van der Waals surface area (Å²) in [6.07, 6.45) is 2.43. The number of piperidine rings is 1. The lowest BCUT2D eigenvalue weighted by molar-refractivity contribution is -0.143. The van der Waals surface area contributed by atoms with Gasteiger partial charge >= 0.3 is 5.97 Å². The van der Waals surface area contributed by atoms with Gasteiger partial charge in [-0.25, -0.2) is 0 Å². The first-order chi connectivity index (χ1) is 15.5. The molecule has 1 aliphatic heterocycles. The van der Waals surface area contributed by atoms with Crippen LogP contribution in [-0.4, -0.2) is 65.6 Å². The highest BCUT2D eigenvalue weighted by Crippen LogP contribution is 2.35. The number of ether oxygens (including phenoxy) is 2. The number of hydrogen-bond acceptors (Lipinski definition) is 9. The number of nitrogens with two attached hydrogens (primary N) is 1. The highest BCUT2D eigenvalue weighted by molar-refractivity contribution is 5.73. The Morgan fingerprint density at radius 2 is 2.19 bits per heavy atom. The smallest absolute Gasteiger partial charge is 0.307 e. The molecule has 2 heterocycles. The fraction of sp³-hybridized carbons (Fsp3) is 0.522. The molecule has 9 nitrogen and oxygen atoms in total. The molecule has 9 heteroatoms. The van der Waals surface area contributed by atoms with E-state index in [-0.39, 0.29) is 17.8 Å². The van der Waals surface area contributed by atoms with Crippen molar-refractivity contribution in [2.24, 2.45) is 5.73 Å². The number of benzene rings is 1. The standard InChI is InChI=1S/C23H33N5O4/c1-4-32-21(30)9-11-28-10-5-6-16(14-28)25-23-19(13-24)15(2)22(26-27-23)18-8-7-17(31-3)12-20(18)29/h7-8,12,16,29H,4-6,9-11,13-14,24H2,1-3H3,(H,25,27)/t16-/m1/s1. The Morgan fingerprint density at radius 1 is 1.38 bits per heavy atom. The van der Waals surface area contributed by atoms with Gasteiger partial charge in [0.15, 0.2) is 5.82 Å². The highest BCUT2D eigenvalue weighted by Gasteiger charge is 2.23. The molecule has 1 saturated heterocycles. The van der Waals surface area contributed by atoms with E-state index < -0.39 is 0 Å². The number of aromatic hydroxyl groups is 1. The average molecular weight is 444 g/mol. The Morgan fingerprint density at radius 3 is 2.88 bits per heavy atom. The molecule has 0 bridgehead atoms. The van der Waals surface area contributed by atoms with Crippen molar-refractivity contribution >= 4 is 11.8 Å². The first kappa shape index (κ1) is 23.7. The first-order valence-corrected chi connectivity index (χ1v) is 11.0. The van der Waals surface area contributed by atoms with Gasteiger partial charge in [-0.2, -0.15) is 0 Å². The van der Waals surface area contributed by atoms with Crippen LogP contribution in [0.25, 0.3) is 11.3 Å². The van der Waals surface area contributed by atoms with Gasteiger partial charge in [-0.1, -0.05) is 0 Å². The summed E-state index contributed by atoms with van der Waals surface area (Å²) in [6.45, 7) is 6.92. The number of phenolic OH excluding ortho intramolecular Hbond substituents is 1. The zero-order chi connectivity index (χ0) is 23.1. The lowest BCUT2D eigenvalue weighted by atomic mass is 10.0. The zero-order valence-corrected chi connectivity index (χ0v) is 19.1. The second-order valence-electron chi connectivity index (χ2n) is 7.93. The van der Waals surface area contributed by atoms with E-state index in [0.717, 1.165) is 37.1 Å². The summed E-state index contributed by atoms with van der Waals surface area (Å²) in [5, 5.41) is 22.7. The quantitative estimate of drug-likeness (QED) is 0.501. The van der Waals surface area contributed by atoms with Crippen LogP contribution in [0.1, 0.15) is 37.3 Å². The molecular formula is C23H33N5O4. The van der Waals surface area contributed by atoms with Crippen LogP contribution in [0.5, 0.6) is 11.5 Å². The van der Waals surface area contributed by atoms with Gasteiger partial charge < -0.3 is 30.5 Å². The van der Waals surface area contributed by atoms with E-state index in [1.165, 1.54) is 0 Å². The molecule has 4 N–H and O–H groups in total. The summed E-state index contributed by atoms with van der Waals surface area (Å²) in [5.74, 6) is 1.15. The molecule has 0 saturated carbocycles. The Labute approximate surface area is 188 Å². The number of hydrogen-bond donors (Lipinski definition) is 3. The van der Waals surface area contributed by atoms with Crippen LogP contribution in [0.3, 0.4) is 0 Å². The third-order valence-electron chi connectivity index (χ3n) is 5.79. The summed E-state index contributed by atoms with van der Waals surface area (Å²) in [7, 11) is 1.55. The number of rotatable bonds is 9. The Bertz CT molecular complexity index is 937. The van der Waals surface area contributed by atoms with Gasteiger partial charge in [0.05, 0.1) is 20.1 Å². The number of carbonyl (C=O) groups excluding carboxylic acids is 1. The van der Waals surface area contributed by atoms with E-state index in [0.29, 0.717) is 48.9 Å². The third-order valence-corrected chi connectivity index (χ3v) is 5.79. The maximum atomic E-state index is 11.7. The maximum absolute atomic E-state index is 11.7. The minimum absolute atomic E-state index is 0.0787. The molecule has 0 aliphatic carbocycles. The highest BCUT2D eigenvalue weighted by atomic mass is 16.5. The molecule has 0 radical (unpaired) electrons. The summed E-state index contributed by atoms with van der Waals surface area (Å²) >= 11 is 0. The minimum atomic E-state index is -0.160. The predicted octanol–water partition coefficient (Wildman–Crippen LogP) is 2.45. The molecule has 3 rings (SSSR count). The molecular weight excluding hydrogens is 410 g/mol. The molecule has 1 atom stereocenters. The van der Waals surface area contributed by atoms with Crippen molar-refractivity contribution in [2.75, 3.05) is 38.7 Å². The Kier molecular flexibility index (Phi) is 8.24. The summed E-state index contributed by atoms with van der Waals surface area (Å²) < 4.78 is 10.2. The molecule has 32 heavy (non-hydrogen) atoms. The third kappa shape index (κ3) is 5.66. The Balaban J connectivity index is 1.73. The molecule has 0 spiro atoms. The predicted molar refractivity (Wildman–Crippen MR) is 123 cm³/mol. The number of phenols is 1. The molecule has 1 fully saturated rings. The number of methoxy groups -OCH3 is 1. The maximum Gasteiger partial charge on any atom is 0.307 e. The van der Waals surface area contributed by atoms with Crippen molar-refractivity contribution in [3.05, 3.63) is 29.3 Å². The van der Waals surface area contributed by atoms with Crippen molar-refractivity contribution in [2.45, 2.75) is 45.7 Å². The fourth-order valence-electron chi connectivity index (χ4n) is 4.07. The molecule has 0 unspecified atom stereocenters. The number of esters is 1. The number of aromatic nitrogens is 2. The van der Waals surface area contributed by atoms with E-state index in [1.807, 2.05) is 13.8 Å². The van der Waals surface area contributed by atoms with E-state index in [4.69, 9.17) is 15.2 Å². The van der Waals surface area contributed by atoms with Crippen LogP contribution in [0.4, 0.5) is 5.82 Å². The molecule has 1 aliphatic rings. The van der Waals surface area contributed by atoms with Gasteiger partial charge in [0.1, 0.15) is 17.2 Å². The first-order valence-electron chi connectivity index (χ1n) is 11.0. The summed E-state index contributed by atoms with van der Waals surface area (Å²) in [6, 6.07) is 5.28. The summed E-state index contributed by atoms with van der Waals surface area (Å²) in [5.41, 5.74) is 8.99. The second kappa shape index (κ2) is 11.1. The average Bonchev–Trinajstić information content (AvgIpc) is 2.79. The second-order valence-corrected chi connectivity index (χ2v) is 7.93. The van der Waals surface area contributed by atoms with Gasteiger partial charge in [0.25, 0.3) is 0 Å². The van der Waals surface area contributed by atoms with E-state index in [1.54, 1.807) is 25.3 Å². The van der Waals surface area contributed by atoms with Crippen molar-refractivity contribution in [3.8, 4) is 22.8 Å². The van der Waals surface area contributed by atoms with Gasteiger partial charge in [-0.15, -0.1) is 10.2 Å². The number of nitrogens with zero attached hydrogens (tertiary/aromatic N) is 3. The molecule has 1 aromatic heterocycles.